The van der Waals surface area contributed by atoms with E-state index in [1.807, 2.05) is 13.0 Å². The third kappa shape index (κ3) is 3.04. The monoisotopic (exact) mass is 286 g/mol. The first kappa shape index (κ1) is 13.6. The van der Waals surface area contributed by atoms with Gasteiger partial charge in [0.1, 0.15) is 5.75 Å². The van der Waals surface area contributed by atoms with Crippen LogP contribution in [0.3, 0.4) is 0 Å². The standard InChI is InChI=1S/C15H18N4O2/c1-10(16-15(20)13-9-19(2)18-17-13)7-11-3-4-14-12(8-11)5-6-21-14/h3-4,8-10H,5-7H2,1-2H3,(H,16,20)/t10-/m0/s1. The first-order valence-electron chi connectivity index (χ1n) is 7.03. The van der Waals surface area contributed by atoms with Gasteiger partial charge in [-0.05, 0) is 30.5 Å². The molecule has 1 aromatic carbocycles. The highest BCUT2D eigenvalue weighted by molar-refractivity contribution is 5.92. The fourth-order valence-electron chi connectivity index (χ4n) is 2.52. The minimum atomic E-state index is -0.194. The molecule has 1 aromatic heterocycles. The van der Waals surface area contributed by atoms with Crippen molar-refractivity contribution in [1.29, 1.82) is 0 Å². The molecule has 1 atom stereocenters. The van der Waals surface area contributed by atoms with E-state index in [1.165, 1.54) is 15.8 Å². The Hall–Kier alpha value is -2.37. The third-order valence-electron chi connectivity index (χ3n) is 3.51. The number of carbonyl (C=O) groups excluding carboxylic acids is 1. The Balaban J connectivity index is 1.61. The normalized spacial score (nSPS) is 14.4. The van der Waals surface area contributed by atoms with Crippen molar-refractivity contribution in [3.63, 3.8) is 0 Å². The number of ether oxygens (including phenoxy) is 1. The number of fused-ring (bicyclic) bond motifs is 1. The van der Waals surface area contributed by atoms with Gasteiger partial charge in [0.05, 0.1) is 12.8 Å². The van der Waals surface area contributed by atoms with Crippen molar-refractivity contribution in [2.24, 2.45) is 7.05 Å². The second kappa shape index (κ2) is 5.55. The lowest BCUT2D eigenvalue weighted by Gasteiger charge is -2.13. The summed E-state index contributed by atoms with van der Waals surface area (Å²) in [5.74, 6) is 0.787. The van der Waals surface area contributed by atoms with Crippen LogP contribution >= 0.6 is 0 Å². The smallest absolute Gasteiger partial charge is 0.273 e. The van der Waals surface area contributed by atoms with Gasteiger partial charge < -0.3 is 10.1 Å². The fourth-order valence-corrected chi connectivity index (χ4v) is 2.52. The molecule has 0 saturated heterocycles. The number of nitrogens with zero attached hydrogens (tertiary/aromatic N) is 3. The number of nitrogens with one attached hydrogen (secondary N) is 1. The molecule has 6 heteroatoms. The molecular weight excluding hydrogens is 268 g/mol. The first-order valence-corrected chi connectivity index (χ1v) is 7.03. The molecule has 21 heavy (non-hydrogen) atoms. The van der Waals surface area contributed by atoms with Gasteiger partial charge >= 0.3 is 0 Å². The molecule has 1 amide bonds. The summed E-state index contributed by atoms with van der Waals surface area (Å²) in [6.45, 7) is 2.75. The molecule has 1 N–H and O–H groups in total. The lowest BCUT2D eigenvalue weighted by atomic mass is 10.0. The zero-order valence-electron chi connectivity index (χ0n) is 12.2. The van der Waals surface area contributed by atoms with Gasteiger partial charge in [-0.3, -0.25) is 9.48 Å². The Kier molecular flexibility index (Phi) is 3.60. The van der Waals surface area contributed by atoms with Gasteiger partial charge in [-0.15, -0.1) is 5.10 Å². The average Bonchev–Trinajstić information content (AvgIpc) is 3.06. The summed E-state index contributed by atoms with van der Waals surface area (Å²) in [5.41, 5.74) is 2.79. The molecule has 0 saturated carbocycles. The second-order valence-corrected chi connectivity index (χ2v) is 5.40. The SMILES string of the molecule is C[C@@H](Cc1ccc2c(c1)CCO2)NC(=O)c1cn(C)nn1. The van der Waals surface area contributed by atoms with Crippen LogP contribution < -0.4 is 10.1 Å². The van der Waals surface area contributed by atoms with Crippen molar-refractivity contribution in [2.75, 3.05) is 6.61 Å². The Morgan fingerprint density at radius 3 is 3.14 bits per heavy atom. The molecule has 0 spiro atoms. The van der Waals surface area contributed by atoms with Crippen LogP contribution in [0.4, 0.5) is 0 Å². The predicted octanol–water partition coefficient (Wildman–Crippen LogP) is 1.11. The van der Waals surface area contributed by atoms with E-state index in [9.17, 15) is 4.79 Å². The second-order valence-electron chi connectivity index (χ2n) is 5.40. The van der Waals surface area contributed by atoms with Gasteiger partial charge in [0.2, 0.25) is 0 Å². The van der Waals surface area contributed by atoms with Crippen molar-refractivity contribution < 1.29 is 9.53 Å². The Bertz CT molecular complexity index is 665. The highest BCUT2D eigenvalue weighted by atomic mass is 16.5. The van der Waals surface area contributed by atoms with Gasteiger partial charge in [0.15, 0.2) is 5.69 Å². The van der Waals surface area contributed by atoms with Crippen LogP contribution in [0, 0.1) is 0 Å². The van der Waals surface area contributed by atoms with Gasteiger partial charge in [0, 0.05) is 19.5 Å². The molecular formula is C15H18N4O2. The zero-order chi connectivity index (χ0) is 14.8. The molecule has 110 valence electrons. The average molecular weight is 286 g/mol. The van der Waals surface area contributed by atoms with Crippen LogP contribution in [-0.2, 0) is 19.9 Å². The van der Waals surface area contributed by atoms with Gasteiger partial charge in [0.25, 0.3) is 5.91 Å². The largest absolute Gasteiger partial charge is 0.493 e. The predicted molar refractivity (Wildman–Crippen MR) is 77.3 cm³/mol. The maximum absolute atomic E-state index is 12.0. The molecule has 2 heterocycles. The van der Waals surface area contributed by atoms with Crippen LogP contribution in [0.2, 0.25) is 0 Å². The molecule has 6 nitrogen and oxygen atoms in total. The number of benzene rings is 1. The molecule has 0 aliphatic carbocycles. The van der Waals surface area contributed by atoms with Crippen molar-refractivity contribution in [1.82, 2.24) is 20.3 Å². The summed E-state index contributed by atoms with van der Waals surface area (Å²) in [5, 5.41) is 10.5. The number of rotatable bonds is 4. The van der Waals surface area contributed by atoms with Gasteiger partial charge in [-0.2, -0.15) is 0 Å². The number of carbonyl (C=O) groups is 1. The fraction of sp³-hybridized carbons (Fsp3) is 0.400. The highest BCUT2D eigenvalue weighted by Crippen LogP contribution is 2.26. The third-order valence-corrected chi connectivity index (χ3v) is 3.51. The molecule has 1 aliphatic heterocycles. The van der Waals surface area contributed by atoms with Crippen LogP contribution in [-0.4, -0.2) is 33.5 Å². The van der Waals surface area contributed by atoms with Gasteiger partial charge in [-0.25, -0.2) is 0 Å². The number of amides is 1. The quantitative estimate of drug-likeness (QED) is 0.914. The molecule has 3 rings (SSSR count). The van der Waals surface area contributed by atoms with E-state index in [2.05, 4.69) is 27.8 Å². The van der Waals surface area contributed by atoms with E-state index in [1.54, 1.807) is 13.2 Å². The number of hydrogen-bond acceptors (Lipinski definition) is 4. The van der Waals surface area contributed by atoms with Crippen LogP contribution in [0.15, 0.2) is 24.4 Å². The lowest BCUT2D eigenvalue weighted by Crippen LogP contribution is -2.34. The summed E-state index contributed by atoms with van der Waals surface area (Å²) in [7, 11) is 1.74. The maximum Gasteiger partial charge on any atom is 0.273 e. The first-order chi connectivity index (χ1) is 10.1. The van der Waals surface area contributed by atoms with E-state index in [-0.39, 0.29) is 11.9 Å². The Morgan fingerprint density at radius 2 is 2.38 bits per heavy atom. The molecule has 0 fully saturated rings. The maximum atomic E-state index is 12.0. The highest BCUT2D eigenvalue weighted by Gasteiger charge is 2.15. The molecule has 0 unspecified atom stereocenters. The summed E-state index contributed by atoms with van der Waals surface area (Å²) in [6.07, 6.45) is 3.34. The topological polar surface area (TPSA) is 69.0 Å². The zero-order valence-corrected chi connectivity index (χ0v) is 12.2. The molecule has 0 bridgehead atoms. The number of hydrogen-bond donors (Lipinski definition) is 1. The van der Waals surface area contributed by atoms with Crippen LogP contribution in [0.25, 0.3) is 0 Å². The Morgan fingerprint density at radius 1 is 1.52 bits per heavy atom. The lowest BCUT2D eigenvalue weighted by molar-refractivity contribution is 0.0935. The molecule has 2 aromatic rings. The van der Waals surface area contributed by atoms with E-state index < -0.39 is 0 Å². The van der Waals surface area contributed by atoms with Crippen molar-refractivity contribution in [3.05, 3.63) is 41.2 Å². The summed E-state index contributed by atoms with van der Waals surface area (Å²) < 4.78 is 7.01. The minimum absolute atomic E-state index is 0.0277. The minimum Gasteiger partial charge on any atom is -0.493 e. The van der Waals surface area contributed by atoms with E-state index in [0.29, 0.717) is 5.69 Å². The van der Waals surface area contributed by atoms with E-state index in [0.717, 1.165) is 25.2 Å². The number of aryl methyl sites for hydroxylation is 1. The molecule has 0 radical (unpaired) electrons. The summed E-state index contributed by atoms with van der Waals surface area (Å²) >= 11 is 0. The number of aromatic nitrogens is 3. The van der Waals surface area contributed by atoms with Crippen molar-refractivity contribution in [2.45, 2.75) is 25.8 Å². The Labute approximate surface area is 123 Å². The summed E-state index contributed by atoms with van der Waals surface area (Å²) in [4.78, 5) is 12.0. The summed E-state index contributed by atoms with van der Waals surface area (Å²) in [6, 6.07) is 6.25. The van der Waals surface area contributed by atoms with E-state index >= 15 is 0 Å². The van der Waals surface area contributed by atoms with Crippen molar-refractivity contribution >= 4 is 5.91 Å². The van der Waals surface area contributed by atoms with Crippen molar-refractivity contribution in [3.8, 4) is 5.75 Å². The molecule has 1 aliphatic rings. The van der Waals surface area contributed by atoms with Crippen LogP contribution in [0.5, 0.6) is 5.75 Å². The van der Waals surface area contributed by atoms with Crippen LogP contribution in [0.1, 0.15) is 28.5 Å². The van der Waals surface area contributed by atoms with Gasteiger partial charge in [-0.1, -0.05) is 17.3 Å². The van der Waals surface area contributed by atoms with E-state index in [4.69, 9.17) is 4.74 Å².